The molecule has 0 atom stereocenters. The van der Waals surface area contributed by atoms with Gasteiger partial charge in [0.2, 0.25) is 0 Å². The summed E-state index contributed by atoms with van der Waals surface area (Å²) in [5.74, 6) is 0.0125. The predicted molar refractivity (Wildman–Crippen MR) is 103 cm³/mol. The van der Waals surface area contributed by atoms with Crippen molar-refractivity contribution in [2.24, 2.45) is 0 Å². The van der Waals surface area contributed by atoms with Crippen LogP contribution in [0.15, 0.2) is 60.8 Å². The zero-order valence-electron chi connectivity index (χ0n) is 15.3. The molecule has 0 aliphatic rings. The van der Waals surface area contributed by atoms with Crippen molar-refractivity contribution in [2.75, 3.05) is 7.05 Å². The highest BCUT2D eigenvalue weighted by atomic mass is 16.2. The van der Waals surface area contributed by atoms with Crippen LogP contribution >= 0.6 is 0 Å². The second-order valence-corrected chi connectivity index (χ2v) is 7.48. The van der Waals surface area contributed by atoms with E-state index in [1.807, 2.05) is 37.4 Å². The van der Waals surface area contributed by atoms with Gasteiger partial charge in [0.1, 0.15) is 0 Å². The second kappa shape index (κ2) is 6.67. The molecule has 1 aromatic heterocycles. The quantitative estimate of drug-likeness (QED) is 0.690. The van der Waals surface area contributed by atoms with Crippen LogP contribution < -0.4 is 0 Å². The smallest absolute Gasteiger partial charge is 0.254 e. The van der Waals surface area contributed by atoms with Crippen LogP contribution in [0.5, 0.6) is 0 Å². The monoisotopic (exact) mass is 332 g/mol. The molecule has 0 aliphatic carbocycles. The van der Waals surface area contributed by atoms with E-state index in [-0.39, 0.29) is 11.3 Å². The normalized spacial score (nSPS) is 11.5. The van der Waals surface area contributed by atoms with Crippen LogP contribution in [0.2, 0.25) is 0 Å². The summed E-state index contributed by atoms with van der Waals surface area (Å²) in [5, 5.41) is 0.893. The molecule has 0 fully saturated rings. The van der Waals surface area contributed by atoms with Gasteiger partial charge in [-0.1, -0.05) is 57.2 Å². The van der Waals surface area contributed by atoms with Gasteiger partial charge in [-0.15, -0.1) is 0 Å². The fourth-order valence-electron chi connectivity index (χ4n) is 2.95. The van der Waals surface area contributed by atoms with Gasteiger partial charge in [0.15, 0.2) is 0 Å². The molecule has 1 amide bonds. The number of amides is 1. The highest BCUT2D eigenvalue weighted by Gasteiger charge is 2.16. The number of rotatable bonds is 3. The molecule has 0 N–H and O–H groups in total. The van der Waals surface area contributed by atoms with Gasteiger partial charge in [-0.25, -0.2) is 0 Å². The molecule has 3 rings (SSSR count). The van der Waals surface area contributed by atoms with Crippen LogP contribution in [0, 0.1) is 0 Å². The Morgan fingerprint density at radius 2 is 1.72 bits per heavy atom. The largest absolute Gasteiger partial charge is 0.337 e. The molecule has 1 heterocycles. The van der Waals surface area contributed by atoms with Crippen LogP contribution in [-0.2, 0) is 12.0 Å². The minimum absolute atomic E-state index is 0.0125. The lowest BCUT2D eigenvalue weighted by atomic mass is 9.87. The Kier molecular flexibility index (Phi) is 4.58. The third kappa shape index (κ3) is 3.71. The van der Waals surface area contributed by atoms with Gasteiger partial charge in [-0.2, -0.15) is 0 Å². The Hall–Kier alpha value is -2.68. The van der Waals surface area contributed by atoms with Crippen LogP contribution in [0.25, 0.3) is 10.9 Å². The first-order valence-corrected chi connectivity index (χ1v) is 8.55. The van der Waals surface area contributed by atoms with E-state index in [0.717, 1.165) is 16.5 Å². The minimum Gasteiger partial charge on any atom is -0.337 e. The Morgan fingerprint density at radius 3 is 2.40 bits per heavy atom. The second-order valence-electron chi connectivity index (χ2n) is 7.48. The third-order valence-electron chi connectivity index (χ3n) is 4.46. The number of carbonyl (C=O) groups is 1. The zero-order valence-corrected chi connectivity index (χ0v) is 15.3. The van der Waals surface area contributed by atoms with Crippen molar-refractivity contribution in [1.29, 1.82) is 0 Å². The first-order chi connectivity index (χ1) is 11.9. The molecule has 0 saturated carbocycles. The molecule has 3 aromatic rings. The van der Waals surface area contributed by atoms with Crippen molar-refractivity contribution < 1.29 is 4.79 Å². The summed E-state index contributed by atoms with van der Waals surface area (Å²) in [6, 6.07) is 18.0. The molecular weight excluding hydrogens is 308 g/mol. The molecule has 25 heavy (non-hydrogen) atoms. The molecule has 128 valence electrons. The number of carbonyl (C=O) groups excluding carboxylic acids is 1. The van der Waals surface area contributed by atoms with Gasteiger partial charge in [0.25, 0.3) is 5.91 Å². The summed E-state index contributed by atoms with van der Waals surface area (Å²) in [7, 11) is 1.84. The van der Waals surface area contributed by atoms with Crippen molar-refractivity contribution in [2.45, 2.75) is 32.7 Å². The van der Waals surface area contributed by atoms with Crippen molar-refractivity contribution >= 4 is 16.8 Å². The summed E-state index contributed by atoms with van der Waals surface area (Å²) in [5.41, 5.74) is 4.10. The fourth-order valence-corrected chi connectivity index (χ4v) is 2.95. The molecular formula is C22H24N2O. The Labute approximate surface area is 149 Å². The van der Waals surface area contributed by atoms with Gasteiger partial charge >= 0.3 is 0 Å². The van der Waals surface area contributed by atoms with Gasteiger partial charge in [0.05, 0.1) is 5.52 Å². The van der Waals surface area contributed by atoms with Gasteiger partial charge in [0, 0.05) is 30.7 Å². The number of hydrogen-bond donors (Lipinski definition) is 0. The van der Waals surface area contributed by atoms with Gasteiger partial charge in [-0.05, 0) is 34.7 Å². The van der Waals surface area contributed by atoms with Crippen molar-refractivity contribution in [3.05, 3.63) is 77.5 Å². The van der Waals surface area contributed by atoms with E-state index < -0.39 is 0 Å². The van der Waals surface area contributed by atoms with E-state index in [1.54, 1.807) is 11.1 Å². The van der Waals surface area contributed by atoms with E-state index in [4.69, 9.17) is 0 Å². The van der Waals surface area contributed by atoms with E-state index in [9.17, 15) is 4.79 Å². The molecule has 0 aliphatic heterocycles. The summed E-state index contributed by atoms with van der Waals surface area (Å²) in [6.45, 7) is 7.19. The molecule has 0 saturated heterocycles. The average Bonchev–Trinajstić information content (AvgIpc) is 2.60. The standard InChI is InChI=1S/C22H24N2O/c1-22(2,3)17-12-10-16(11-13-17)15-24(4)21(25)19-7-5-9-20-18(19)8-6-14-23-20/h5-14H,15H2,1-4H3. The van der Waals surface area contributed by atoms with Gasteiger partial charge < -0.3 is 4.90 Å². The van der Waals surface area contributed by atoms with Crippen LogP contribution in [0.1, 0.15) is 42.3 Å². The highest BCUT2D eigenvalue weighted by molar-refractivity contribution is 6.05. The first kappa shape index (κ1) is 17.2. The SMILES string of the molecule is CN(Cc1ccc(C(C)(C)C)cc1)C(=O)c1cccc2ncccc12. The van der Waals surface area contributed by atoms with E-state index >= 15 is 0 Å². The predicted octanol–water partition coefficient (Wildman–Crippen LogP) is 4.80. The lowest BCUT2D eigenvalue weighted by Crippen LogP contribution is -2.26. The number of hydrogen-bond acceptors (Lipinski definition) is 2. The molecule has 3 nitrogen and oxygen atoms in total. The van der Waals surface area contributed by atoms with Gasteiger partial charge in [-0.3, -0.25) is 9.78 Å². The summed E-state index contributed by atoms with van der Waals surface area (Å²) < 4.78 is 0. The summed E-state index contributed by atoms with van der Waals surface area (Å²) in [6.07, 6.45) is 1.75. The first-order valence-electron chi connectivity index (χ1n) is 8.55. The maximum atomic E-state index is 12.9. The maximum Gasteiger partial charge on any atom is 0.254 e. The molecule has 0 unspecified atom stereocenters. The number of fused-ring (bicyclic) bond motifs is 1. The van der Waals surface area contributed by atoms with Crippen molar-refractivity contribution in [1.82, 2.24) is 9.88 Å². The number of nitrogens with zero attached hydrogens (tertiary/aromatic N) is 2. The molecule has 0 radical (unpaired) electrons. The van der Waals surface area contributed by atoms with Crippen molar-refractivity contribution in [3.63, 3.8) is 0 Å². The van der Waals surface area contributed by atoms with E-state index in [0.29, 0.717) is 12.1 Å². The van der Waals surface area contributed by atoms with Crippen LogP contribution in [0.3, 0.4) is 0 Å². The Balaban J connectivity index is 1.81. The number of pyridine rings is 1. The van der Waals surface area contributed by atoms with E-state index in [1.165, 1.54) is 5.56 Å². The zero-order chi connectivity index (χ0) is 18.0. The Bertz CT molecular complexity index is 887. The van der Waals surface area contributed by atoms with Crippen LogP contribution in [0.4, 0.5) is 0 Å². The van der Waals surface area contributed by atoms with Crippen molar-refractivity contribution in [3.8, 4) is 0 Å². The maximum absolute atomic E-state index is 12.9. The van der Waals surface area contributed by atoms with Crippen LogP contribution in [-0.4, -0.2) is 22.8 Å². The fraction of sp³-hybridized carbons (Fsp3) is 0.273. The third-order valence-corrected chi connectivity index (χ3v) is 4.46. The Morgan fingerprint density at radius 1 is 1.00 bits per heavy atom. The molecule has 0 spiro atoms. The number of benzene rings is 2. The minimum atomic E-state index is 0.0125. The van der Waals surface area contributed by atoms with E-state index in [2.05, 4.69) is 50.0 Å². The lowest BCUT2D eigenvalue weighted by molar-refractivity contribution is 0.0787. The summed E-state index contributed by atoms with van der Waals surface area (Å²) in [4.78, 5) is 19.0. The molecule has 3 heteroatoms. The number of aromatic nitrogens is 1. The molecule has 0 bridgehead atoms. The lowest BCUT2D eigenvalue weighted by Gasteiger charge is -2.21. The average molecular weight is 332 g/mol. The molecule has 2 aromatic carbocycles. The topological polar surface area (TPSA) is 33.2 Å². The summed E-state index contributed by atoms with van der Waals surface area (Å²) >= 11 is 0. The highest BCUT2D eigenvalue weighted by Crippen LogP contribution is 2.23.